The highest BCUT2D eigenvalue weighted by Gasteiger charge is 2.32. The van der Waals surface area contributed by atoms with Gasteiger partial charge in [0.05, 0.1) is 5.02 Å². The Morgan fingerprint density at radius 1 is 1.13 bits per heavy atom. The van der Waals surface area contributed by atoms with E-state index in [0.717, 1.165) is 11.3 Å². The highest BCUT2D eigenvalue weighted by Crippen LogP contribution is 2.40. The normalized spacial score (nSPS) is 15.5. The fourth-order valence-corrected chi connectivity index (χ4v) is 4.08. The van der Waals surface area contributed by atoms with Crippen molar-refractivity contribution in [3.63, 3.8) is 0 Å². The molecule has 0 aromatic heterocycles. The number of benzene rings is 2. The van der Waals surface area contributed by atoms with Crippen LogP contribution in [0.3, 0.4) is 0 Å². The first-order chi connectivity index (χ1) is 14.3. The zero-order valence-corrected chi connectivity index (χ0v) is 18.4. The summed E-state index contributed by atoms with van der Waals surface area (Å²) in [4.78, 5) is 23.2. The molecular formula is C21H22ClN3O4S. The van der Waals surface area contributed by atoms with Gasteiger partial charge in [-0.05, 0) is 36.8 Å². The number of hydrogen-bond donors (Lipinski definition) is 1. The standard InChI is InChI=1S/C21H22ClN3O4S/c1-13-4-7-17(8-5-13)28-10-11-29-19-9-6-16(12-18(19)22)20-25(15(3)27)24-21(30-20)23-14(2)26/h4-9,12,20H,10-11H2,1-3H3,(H,23,24,26). The van der Waals surface area contributed by atoms with Gasteiger partial charge in [-0.1, -0.05) is 47.1 Å². The highest BCUT2D eigenvalue weighted by atomic mass is 35.5. The monoisotopic (exact) mass is 447 g/mol. The zero-order chi connectivity index (χ0) is 21.7. The van der Waals surface area contributed by atoms with E-state index in [1.165, 1.54) is 36.2 Å². The van der Waals surface area contributed by atoms with Gasteiger partial charge in [-0.2, -0.15) is 0 Å². The van der Waals surface area contributed by atoms with E-state index in [4.69, 9.17) is 21.1 Å². The van der Waals surface area contributed by atoms with Gasteiger partial charge in [0.25, 0.3) is 0 Å². The van der Waals surface area contributed by atoms with Gasteiger partial charge < -0.3 is 14.8 Å². The molecule has 0 fully saturated rings. The molecule has 0 aliphatic carbocycles. The summed E-state index contributed by atoms with van der Waals surface area (Å²) in [7, 11) is 0. The molecule has 1 unspecified atom stereocenters. The van der Waals surface area contributed by atoms with Gasteiger partial charge >= 0.3 is 0 Å². The highest BCUT2D eigenvalue weighted by molar-refractivity contribution is 8.14. The molecule has 1 N–H and O–H groups in total. The number of thioether (sulfide) groups is 1. The lowest BCUT2D eigenvalue weighted by molar-refractivity contribution is -0.129. The Balaban J connectivity index is 1.59. The lowest BCUT2D eigenvalue weighted by atomic mass is 10.2. The molecule has 0 bridgehead atoms. The van der Waals surface area contributed by atoms with Crippen molar-refractivity contribution in [1.82, 2.24) is 10.3 Å². The van der Waals surface area contributed by atoms with Crippen LogP contribution in [-0.4, -0.2) is 35.2 Å². The van der Waals surface area contributed by atoms with Crippen LogP contribution in [0, 0.1) is 6.92 Å². The first kappa shape index (κ1) is 22.0. The molecule has 1 aliphatic rings. The third-order valence-corrected chi connectivity index (χ3v) is 5.52. The molecule has 2 amide bonds. The zero-order valence-electron chi connectivity index (χ0n) is 16.8. The molecule has 1 atom stereocenters. The van der Waals surface area contributed by atoms with E-state index in [2.05, 4.69) is 10.4 Å². The minimum atomic E-state index is -0.416. The van der Waals surface area contributed by atoms with E-state index in [1.54, 1.807) is 12.1 Å². The Labute approximate surface area is 184 Å². The summed E-state index contributed by atoms with van der Waals surface area (Å²) in [6.45, 7) is 5.54. The summed E-state index contributed by atoms with van der Waals surface area (Å²) >= 11 is 7.65. The summed E-state index contributed by atoms with van der Waals surface area (Å²) in [6, 6.07) is 13.1. The van der Waals surface area contributed by atoms with Gasteiger partial charge in [0.1, 0.15) is 30.1 Å². The van der Waals surface area contributed by atoms with E-state index in [9.17, 15) is 9.59 Å². The first-order valence-corrected chi connectivity index (χ1v) is 10.5. The summed E-state index contributed by atoms with van der Waals surface area (Å²) in [6.07, 6.45) is 0. The van der Waals surface area contributed by atoms with Crippen LogP contribution in [0.5, 0.6) is 11.5 Å². The predicted molar refractivity (Wildman–Crippen MR) is 118 cm³/mol. The molecule has 30 heavy (non-hydrogen) atoms. The fraction of sp³-hybridized carbons (Fsp3) is 0.286. The first-order valence-electron chi connectivity index (χ1n) is 9.28. The maximum atomic E-state index is 11.9. The summed E-state index contributed by atoms with van der Waals surface area (Å²) in [5, 5.41) is 8.47. The van der Waals surface area contributed by atoms with E-state index < -0.39 is 5.37 Å². The van der Waals surface area contributed by atoms with Crippen LogP contribution in [0.4, 0.5) is 0 Å². The number of ether oxygens (including phenoxy) is 2. The molecule has 158 valence electrons. The van der Waals surface area contributed by atoms with E-state index in [-0.39, 0.29) is 11.8 Å². The van der Waals surface area contributed by atoms with Gasteiger partial charge in [-0.15, -0.1) is 5.10 Å². The third-order valence-electron chi connectivity index (χ3n) is 4.12. The molecular weight excluding hydrogens is 426 g/mol. The van der Waals surface area contributed by atoms with Gasteiger partial charge in [0.2, 0.25) is 11.8 Å². The number of hydrogen-bond acceptors (Lipinski definition) is 6. The van der Waals surface area contributed by atoms with E-state index >= 15 is 0 Å². The van der Waals surface area contributed by atoms with Crippen molar-refractivity contribution < 1.29 is 19.1 Å². The molecule has 3 rings (SSSR count). The van der Waals surface area contributed by atoms with Crippen LogP contribution in [0.1, 0.15) is 30.3 Å². The molecule has 0 radical (unpaired) electrons. The SMILES string of the molecule is CC(=O)NC1=NN(C(C)=O)C(c2ccc(OCCOc3ccc(C)cc3)c(Cl)c2)S1. The lowest BCUT2D eigenvalue weighted by Crippen LogP contribution is -2.25. The molecule has 9 heteroatoms. The van der Waals surface area contributed by atoms with Crippen molar-refractivity contribution in [3.05, 3.63) is 58.6 Å². The number of halogens is 1. The van der Waals surface area contributed by atoms with Gasteiger partial charge in [0, 0.05) is 13.8 Å². The molecule has 7 nitrogen and oxygen atoms in total. The molecule has 1 heterocycles. The average molecular weight is 448 g/mol. The Hall–Kier alpha value is -2.71. The van der Waals surface area contributed by atoms with Crippen LogP contribution >= 0.6 is 23.4 Å². The summed E-state index contributed by atoms with van der Waals surface area (Å²) < 4.78 is 11.4. The fourth-order valence-electron chi connectivity index (χ4n) is 2.71. The number of amides is 2. The molecule has 2 aromatic rings. The van der Waals surface area contributed by atoms with Crippen molar-refractivity contribution in [3.8, 4) is 11.5 Å². The number of amidine groups is 1. The molecule has 2 aromatic carbocycles. The Morgan fingerprint density at radius 2 is 1.83 bits per heavy atom. The number of rotatable bonds is 6. The molecule has 1 aliphatic heterocycles. The largest absolute Gasteiger partial charge is 0.490 e. The number of nitrogens with one attached hydrogen (secondary N) is 1. The van der Waals surface area contributed by atoms with E-state index in [1.807, 2.05) is 37.3 Å². The number of hydrazone groups is 1. The minimum absolute atomic E-state index is 0.238. The molecule has 0 saturated carbocycles. The van der Waals surface area contributed by atoms with Crippen molar-refractivity contribution in [2.45, 2.75) is 26.1 Å². The average Bonchev–Trinajstić information content (AvgIpc) is 3.11. The van der Waals surface area contributed by atoms with Gasteiger partial charge in [-0.25, -0.2) is 5.01 Å². The predicted octanol–water partition coefficient (Wildman–Crippen LogP) is 4.11. The molecule has 0 spiro atoms. The number of carbonyl (C=O) groups excluding carboxylic acids is 2. The van der Waals surface area contributed by atoms with Crippen LogP contribution in [-0.2, 0) is 9.59 Å². The van der Waals surface area contributed by atoms with Crippen molar-refractivity contribution in [2.24, 2.45) is 5.10 Å². The van der Waals surface area contributed by atoms with Gasteiger partial charge in [-0.3, -0.25) is 9.59 Å². The topological polar surface area (TPSA) is 80.2 Å². The summed E-state index contributed by atoms with van der Waals surface area (Å²) in [5.41, 5.74) is 1.94. The quantitative estimate of drug-likeness (QED) is 0.674. The van der Waals surface area contributed by atoms with Gasteiger partial charge in [0.15, 0.2) is 5.17 Å². The summed E-state index contributed by atoms with van der Waals surface area (Å²) in [5.74, 6) is 0.814. The lowest BCUT2D eigenvalue weighted by Gasteiger charge is -2.20. The number of nitrogens with zero attached hydrogens (tertiary/aromatic N) is 2. The second-order valence-electron chi connectivity index (χ2n) is 6.62. The smallest absolute Gasteiger partial charge is 0.241 e. The Morgan fingerprint density at radius 3 is 2.47 bits per heavy atom. The van der Waals surface area contributed by atoms with Crippen LogP contribution in [0.15, 0.2) is 47.6 Å². The maximum Gasteiger partial charge on any atom is 0.241 e. The number of carbonyl (C=O) groups is 2. The second-order valence-corrected chi connectivity index (χ2v) is 8.10. The van der Waals surface area contributed by atoms with Crippen LogP contribution < -0.4 is 14.8 Å². The van der Waals surface area contributed by atoms with Crippen molar-refractivity contribution in [1.29, 1.82) is 0 Å². The second kappa shape index (κ2) is 9.86. The van der Waals surface area contributed by atoms with Crippen molar-refractivity contribution >= 4 is 40.3 Å². The van der Waals surface area contributed by atoms with Crippen LogP contribution in [0.2, 0.25) is 5.02 Å². The minimum Gasteiger partial charge on any atom is -0.490 e. The van der Waals surface area contributed by atoms with Crippen molar-refractivity contribution in [2.75, 3.05) is 13.2 Å². The maximum absolute atomic E-state index is 11.9. The Bertz CT molecular complexity index is 965. The molecule has 0 saturated heterocycles. The Kier molecular flexibility index (Phi) is 7.23. The number of aryl methyl sites for hydroxylation is 1. The van der Waals surface area contributed by atoms with Crippen LogP contribution in [0.25, 0.3) is 0 Å². The van der Waals surface area contributed by atoms with E-state index in [0.29, 0.717) is 29.2 Å². The third kappa shape index (κ3) is 5.67.